The topological polar surface area (TPSA) is 65.3 Å². The van der Waals surface area contributed by atoms with Crippen LogP contribution in [0.25, 0.3) is 21.9 Å². The molecule has 0 fully saturated rings. The standard InChI is InChI=1S/C14H9FNO3/c15-7-8-5-6-11-13(12(8)14(17)16-18)9-3-1-2-4-10(9)19-11/h1-6H,7H2,(H-,16,17,18)/q-1. The number of carbonyl (C=O) groups excluding carboxylic acids is 1. The van der Waals surface area contributed by atoms with E-state index in [1.807, 2.05) is 0 Å². The Labute approximate surface area is 107 Å². The van der Waals surface area contributed by atoms with E-state index in [2.05, 4.69) is 0 Å². The quantitative estimate of drug-likeness (QED) is 0.717. The second kappa shape index (κ2) is 4.37. The fourth-order valence-corrected chi connectivity index (χ4v) is 2.28. The molecule has 1 N–H and O–H groups in total. The number of para-hydroxylation sites is 1. The summed E-state index contributed by atoms with van der Waals surface area (Å²) >= 11 is 0. The summed E-state index contributed by atoms with van der Waals surface area (Å²) in [6, 6.07) is 10.2. The highest BCUT2D eigenvalue weighted by Gasteiger charge is 2.18. The van der Waals surface area contributed by atoms with Crippen LogP contribution in [0.1, 0.15) is 15.9 Å². The molecule has 96 valence electrons. The Morgan fingerprint density at radius 1 is 1.21 bits per heavy atom. The summed E-state index contributed by atoms with van der Waals surface area (Å²) in [7, 11) is 0. The number of hydrogen-bond acceptors (Lipinski definition) is 3. The molecule has 3 rings (SSSR count). The maximum atomic E-state index is 13.0. The fourth-order valence-electron chi connectivity index (χ4n) is 2.28. The van der Waals surface area contributed by atoms with Crippen LogP contribution in [-0.4, -0.2) is 5.91 Å². The van der Waals surface area contributed by atoms with Crippen molar-refractivity contribution in [3.8, 4) is 0 Å². The minimum absolute atomic E-state index is 0.0416. The first kappa shape index (κ1) is 11.7. The molecule has 0 unspecified atom stereocenters. The van der Waals surface area contributed by atoms with E-state index in [1.165, 1.54) is 11.5 Å². The molecule has 0 aliphatic carbocycles. The average molecular weight is 258 g/mol. The molecule has 4 nitrogen and oxygen atoms in total. The Kier molecular flexibility index (Phi) is 2.68. The molecule has 19 heavy (non-hydrogen) atoms. The Morgan fingerprint density at radius 3 is 2.74 bits per heavy atom. The Hall–Kier alpha value is -2.40. The fraction of sp³-hybridized carbons (Fsp3) is 0.0714. The van der Waals surface area contributed by atoms with Gasteiger partial charge < -0.3 is 15.1 Å². The normalized spacial score (nSPS) is 11.1. The monoisotopic (exact) mass is 258 g/mol. The molecule has 0 aliphatic rings. The van der Waals surface area contributed by atoms with Crippen LogP contribution in [0.15, 0.2) is 40.8 Å². The lowest BCUT2D eigenvalue weighted by Gasteiger charge is -2.11. The van der Waals surface area contributed by atoms with E-state index in [9.17, 15) is 14.4 Å². The van der Waals surface area contributed by atoms with E-state index in [0.717, 1.165) is 0 Å². The summed E-state index contributed by atoms with van der Waals surface area (Å²) in [6.45, 7) is -0.821. The second-order valence-corrected chi connectivity index (χ2v) is 4.14. The van der Waals surface area contributed by atoms with Gasteiger partial charge in [-0.1, -0.05) is 24.3 Å². The first-order chi connectivity index (χ1) is 9.26. The van der Waals surface area contributed by atoms with E-state index in [-0.39, 0.29) is 11.1 Å². The average Bonchev–Trinajstić information content (AvgIpc) is 2.83. The minimum Gasteiger partial charge on any atom is -0.759 e. The molecule has 0 spiro atoms. The van der Waals surface area contributed by atoms with Crippen LogP contribution < -0.4 is 5.48 Å². The zero-order valence-corrected chi connectivity index (χ0v) is 9.77. The van der Waals surface area contributed by atoms with Crippen molar-refractivity contribution in [1.82, 2.24) is 5.48 Å². The summed E-state index contributed by atoms with van der Waals surface area (Å²) in [5.74, 6) is -0.857. The summed E-state index contributed by atoms with van der Waals surface area (Å²) < 4.78 is 18.6. The van der Waals surface area contributed by atoms with Gasteiger partial charge >= 0.3 is 0 Å². The Balaban J connectivity index is 2.49. The van der Waals surface area contributed by atoms with E-state index in [4.69, 9.17) is 4.42 Å². The van der Waals surface area contributed by atoms with Crippen molar-refractivity contribution < 1.29 is 13.6 Å². The molecule has 0 radical (unpaired) electrons. The van der Waals surface area contributed by atoms with Crippen LogP contribution in [0.4, 0.5) is 4.39 Å². The molecule has 5 heteroatoms. The van der Waals surface area contributed by atoms with Crippen LogP contribution >= 0.6 is 0 Å². The highest BCUT2D eigenvalue weighted by Crippen LogP contribution is 2.33. The molecular formula is C14H9FNO3-. The van der Waals surface area contributed by atoms with Gasteiger partial charge in [-0.2, -0.15) is 0 Å². The number of benzene rings is 2. The lowest BCUT2D eigenvalue weighted by molar-refractivity contribution is 0.0970. The van der Waals surface area contributed by atoms with E-state index in [1.54, 1.807) is 30.3 Å². The van der Waals surface area contributed by atoms with Crippen LogP contribution in [0.5, 0.6) is 0 Å². The third-order valence-electron chi connectivity index (χ3n) is 3.09. The van der Waals surface area contributed by atoms with Crippen molar-refractivity contribution in [3.05, 3.63) is 52.7 Å². The highest BCUT2D eigenvalue weighted by atomic mass is 19.1. The van der Waals surface area contributed by atoms with Crippen molar-refractivity contribution in [2.45, 2.75) is 6.67 Å². The zero-order chi connectivity index (χ0) is 13.4. The molecule has 0 atom stereocenters. The maximum Gasteiger partial charge on any atom is 0.241 e. The number of hydroxylamine groups is 1. The molecule has 0 saturated carbocycles. The van der Waals surface area contributed by atoms with Crippen LogP contribution in [0, 0.1) is 5.21 Å². The molecule has 1 heterocycles. The number of amides is 1. The molecule has 0 bridgehead atoms. The summed E-state index contributed by atoms with van der Waals surface area (Å²) in [5.41, 5.74) is 2.57. The molecule has 3 aromatic rings. The number of furan rings is 1. The predicted molar refractivity (Wildman–Crippen MR) is 69.4 cm³/mol. The van der Waals surface area contributed by atoms with Crippen molar-refractivity contribution in [3.63, 3.8) is 0 Å². The largest absolute Gasteiger partial charge is 0.759 e. The van der Waals surface area contributed by atoms with Crippen LogP contribution in [0.2, 0.25) is 0 Å². The Bertz CT molecular complexity index is 779. The van der Waals surface area contributed by atoms with Gasteiger partial charge in [0.1, 0.15) is 17.8 Å². The highest BCUT2D eigenvalue weighted by molar-refractivity contribution is 6.17. The van der Waals surface area contributed by atoms with Gasteiger partial charge in [0.15, 0.2) is 0 Å². The van der Waals surface area contributed by atoms with Crippen LogP contribution in [-0.2, 0) is 6.67 Å². The van der Waals surface area contributed by atoms with Gasteiger partial charge in [-0.05, 0) is 17.7 Å². The van der Waals surface area contributed by atoms with Crippen molar-refractivity contribution in [1.29, 1.82) is 0 Å². The zero-order valence-electron chi connectivity index (χ0n) is 9.77. The van der Waals surface area contributed by atoms with Gasteiger partial charge in [0.05, 0.1) is 5.56 Å². The van der Waals surface area contributed by atoms with Crippen LogP contribution in [0.3, 0.4) is 0 Å². The lowest BCUT2D eigenvalue weighted by Crippen LogP contribution is -2.18. The number of nitrogens with one attached hydrogen (secondary N) is 1. The van der Waals surface area contributed by atoms with Gasteiger partial charge in [0, 0.05) is 10.8 Å². The number of hydrogen-bond donors (Lipinski definition) is 1. The van der Waals surface area contributed by atoms with Gasteiger partial charge in [-0.15, -0.1) is 0 Å². The van der Waals surface area contributed by atoms with E-state index >= 15 is 0 Å². The summed E-state index contributed by atoms with van der Waals surface area (Å²) in [6.07, 6.45) is 0. The third kappa shape index (κ3) is 1.67. The predicted octanol–water partition coefficient (Wildman–Crippen LogP) is 3.28. The second-order valence-electron chi connectivity index (χ2n) is 4.14. The number of fused-ring (bicyclic) bond motifs is 3. The SMILES string of the molecule is O=C(N[O-])c1c(CF)ccc2oc3ccccc3c12. The first-order valence-corrected chi connectivity index (χ1v) is 5.68. The first-order valence-electron chi connectivity index (χ1n) is 5.68. The smallest absolute Gasteiger partial charge is 0.241 e. The van der Waals surface area contributed by atoms with Crippen molar-refractivity contribution >= 4 is 27.8 Å². The molecule has 0 saturated heterocycles. The number of halogens is 1. The third-order valence-corrected chi connectivity index (χ3v) is 3.09. The molecule has 1 amide bonds. The summed E-state index contributed by atoms with van der Waals surface area (Å²) in [4.78, 5) is 11.7. The Morgan fingerprint density at radius 2 is 2.00 bits per heavy atom. The minimum atomic E-state index is -0.857. The van der Waals surface area contributed by atoms with Gasteiger partial charge in [-0.25, -0.2) is 4.39 Å². The van der Waals surface area contributed by atoms with Gasteiger partial charge in [0.25, 0.3) is 0 Å². The number of alkyl halides is 1. The maximum absolute atomic E-state index is 13.0. The molecule has 2 aromatic carbocycles. The number of carbonyl (C=O) groups is 1. The summed E-state index contributed by atoms with van der Waals surface area (Å²) in [5, 5.41) is 11.8. The van der Waals surface area contributed by atoms with E-state index < -0.39 is 12.6 Å². The van der Waals surface area contributed by atoms with Crippen molar-refractivity contribution in [2.24, 2.45) is 0 Å². The molecular weight excluding hydrogens is 249 g/mol. The van der Waals surface area contributed by atoms with Crippen molar-refractivity contribution in [2.75, 3.05) is 0 Å². The number of rotatable bonds is 2. The van der Waals surface area contributed by atoms with Gasteiger partial charge in [-0.3, -0.25) is 4.79 Å². The molecule has 1 aromatic heterocycles. The van der Waals surface area contributed by atoms with E-state index in [0.29, 0.717) is 21.9 Å². The van der Waals surface area contributed by atoms with Gasteiger partial charge in [0.2, 0.25) is 5.91 Å². The molecule has 0 aliphatic heterocycles. The lowest BCUT2D eigenvalue weighted by atomic mass is 10.0.